The van der Waals surface area contributed by atoms with Gasteiger partial charge in [0.25, 0.3) is 11.8 Å². The van der Waals surface area contributed by atoms with Crippen LogP contribution in [0.5, 0.6) is 0 Å². The van der Waals surface area contributed by atoms with E-state index in [0.717, 1.165) is 25.1 Å². The Hall–Kier alpha value is -2.62. The fourth-order valence-electron chi connectivity index (χ4n) is 3.43. The number of benzene rings is 2. The molecule has 1 N–H and O–H groups in total. The lowest BCUT2D eigenvalue weighted by molar-refractivity contribution is 0.0682. The summed E-state index contributed by atoms with van der Waals surface area (Å²) in [6.07, 6.45) is 2.25. The number of hydrogen-bond donors (Lipinski definition) is 1. The van der Waals surface area contributed by atoms with Crippen molar-refractivity contribution in [3.8, 4) is 0 Å². The molecule has 1 unspecified atom stereocenters. The molecule has 1 aliphatic heterocycles. The Bertz CT molecular complexity index is 783. The van der Waals surface area contributed by atoms with Gasteiger partial charge >= 0.3 is 0 Å². The highest BCUT2D eigenvalue weighted by molar-refractivity contribution is 5.97. The normalized spacial score (nSPS) is 17.0. The summed E-state index contributed by atoms with van der Waals surface area (Å²) in [6, 6.07) is 15.0. The Kier molecular flexibility index (Phi) is 5.71. The summed E-state index contributed by atoms with van der Waals surface area (Å²) < 4.78 is 0. The van der Waals surface area contributed by atoms with Crippen LogP contribution in [0.25, 0.3) is 0 Å². The molecule has 4 heteroatoms. The first-order valence-corrected chi connectivity index (χ1v) is 9.26. The maximum Gasteiger partial charge on any atom is 0.253 e. The number of carbonyl (C=O) groups excluding carboxylic acids is 2. The molecule has 1 aliphatic rings. The second-order valence-electron chi connectivity index (χ2n) is 7.25. The van der Waals surface area contributed by atoms with E-state index in [4.69, 9.17) is 0 Å². The van der Waals surface area contributed by atoms with Crippen molar-refractivity contribution in [2.45, 2.75) is 33.2 Å². The van der Waals surface area contributed by atoms with E-state index in [0.29, 0.717) is 23.6 Å². The fraction of sp³-hybridized carbons (Fsp3) is 0.364. The van der Waals surface area contributed by atoms with E-state index in [2.05, 4.69) is 18.3 Å². The topological polar surface area (TPSA) is 49.4 Å². The van der Waals surface area contributed by atoms with Crippen molar-refractivity contribution in [2.75, 3.05) is 13.1 Å². The number of amides is 2. The molecule has 2 aromatic rings. The predicted octanol–water partition coefficient (Wildman–Crippen LogP) is 3.80. The Morgan fingerprint density at radius 3 is 2.54 bits per heavy atom. The van der Waals surface area contributed by atoms with Crippen LogP contribution in [0.15, 0.2) is 48.5 Å². The highest BCUT2D eigenvalue weighted by atomic mass is 16.2. The van der Waals surface area contributed by atoms with Crippen LogP contribution >= 0.6 is 0 Å². The molecule has 0 aromatic heterocycles. The van der Waals surface area contributed by atoms with Gasteiger partial charge in [-0.25, -0.2) is 0 Å². The number of rotatable bonds is 4. The summed E-state index contributed by atoms with van der Waals surface area (Å²) in [5.74, 6) is 0.486. The molecule has 0 radical (unpaired) electrons. The molecule has 136 valence electrons. The third kappa shape index (κ3) is 4.51. The molecule has 2 amide bonds. The smallest absolute Gasteiger partial charge is 0.253 e. The van der Waals surface area contributed by atoms with E-state index in [1.165, 1.54) is 12.0 Å². The van der Waals surface area contributed by atoms with Gasteiger partial charge in [-0.1, -0.05) is 36.8 Å². The van der Waals surface area contributed by atoms with Crippen LogP contribution in [-0.2, 0) is 6.54 Å². The molecule has 2 aromatic carbocycles. The van der Waals surface area contributed by atoms with Crippen LogP contribution in [0.2, 0.25) is 0 Å². The van der Waals surface area contributed by atoms with Gasteiger partial charge in [0.1, 0.15) is 0 Å². The standard InChI is InChI=1S/C22H26N2O2/c1-16-5-3-7-18(13-16)14-23-21(25)19-8-10-20(11-9-19)22(26)24-12-4-6-17(2)15-24/h3,5,7-11,13,17H,4,6,12,14-15H2,1-2H3,(H,23,25). The van der Waals surface area contributed by atoms with Crippen LogP contribution in [0.4, 0.5) is 0 Å². The highest BCUT2D eigenvalue weighted by Gasteiger charge is 2.22. The largest absolute Gasteiger partial charge is 0.348 e. The lowest BCUT2D eigenvalue weighted by atomic mass is 9.99. The summed E-state index contributed by atoms with van der Waals surface area (Å²) in [7, 11) is 0. The summed E-state index contributed by atoms with van der Waals surface area (Å²) >= 11 is 0. The zero-order chi connectivity index (χ0) is 18.5. The van der Waals surface area contributed by atoms with E-state index < -0.39 is 0 Å². The van der Waals surface area contributed by atoms with Crippen LogP contribution in [0.3, 0.4) is 0 Å². The molecule has 26 heavy (non-hydrogen) atoms. The predicted molar refractivity (Wildman–Crippen MR) is 103 cm³/mol. The van der Waals surface area contributed by atoms with E-state index in [1.807, 2.05) is 30.0 Å². The fourth-order valence-corrected chi connectivity index (χ4v) is 3.43. The Morgan fingerprint density at radius 1 is 1.12 bits per heavy atom. The van der Waals surface area contributed by atoms with E-state index in [-0.39, 0.29) is 11.8 Å². The van der Waals surface area contributed by atoms with Crippen molar-refractivity contribution in [1.29, 1.82) is 0 Å². The second kappa shape index (κ2) is 8.17. The second-order valence-corrected chi connectivity index (χ2v) is 7.25. The van der Waals surface area contributed by atoms with Gasteiger partial charge in [-0.05, 0) is 55.5 Å². The number of piperidine rings is 1. The van der Waals surface area contributed by atoms with E-state index >= 15 is 0 Å². The zero-order valence-corrected chi connectivity index (χ0v) is 15.5. The number of aryl methyl sites for hydroxylation is 1. The van der Waals surface area contributed by atoms with Gasteiger partial charge in [0, 0.05) is 30.8 Å². The first kappa shape index (κ1) is 18.2. The molecule has 0 aliphatic carbocycles. The summed E-state index contributed by atoms with van der Waals surface area (Å²) in [5.41, 5.74) is 3.46. The summed E-state index contributed by atoms with van der Waals surface area (Å²) in [4.78, 5) is 26.8. The molecule has 0 spiro atoms. The average molecular weight is 350 g/mol. The molecule has 1 fully saturated rings. The third-order valence-electron chi connectivity index (χ3n) is 4.87. The minimum atomic E-state index is -0.128. The molecular weight excluding hydrogens is 324 g/mol. The van der Waals surface area contributed by atoms with Gasteiger partial charge < -0.3 is 10.2 Å². The maximum absolute atomic E-state index is 12.6. The van der Waals surface area contributed by atoms with E-state index in [9.17, 15) is 9.59 Å². The van der Waals surface area contributed by atoms with Crippen molar-refractivity contribution < 1.29 is 9.59 Å². The van der Waals surface area contributed by atoms with Gasteiger partial charge in [-0.15, -0.1) is 0 Å². The highest BCUT2D eigenvalue weighted by Crippen LogP contribution is 2.18. The van der Waals surface area contributed by atoms with Crippen molar-refractivity contribution in [2.24, 2.45) is 5.92 Å². The number of hydrogen-bond acceptors (Lipinski definition) is 2. The number of carbonyl (C=O) groups is 2. The van der Waals surface area contributed by atoms with Gasteiger partial charge in [0.05, 0.1) is 0 Å². The molecule has 0 saturated carbocycles. The van der Waals surface area contributed by atoms with Crippen molar-refractivity contribution >= 4 is 11.8 Å². The number of nitrogens with zero attached hydrogens (tertiary/aromatic N) is 1. The summed E-state index contributed by atoms with van der Waals surface area (Å²) in [5, 5.41) is 2.93. The van der Waals surface area contributed by atoms with Crippen LogP contribution < -0.4 is 5.32 Å². The maximum atomic E-state index is 12.6. The van der Waals surface area contributed by atoms with Crippen LogP contribution in [-0.4, -0.2) is 29.8 Å². The van der Waals surface area contributed by atoms with Gasteiger partial charge in [-0.2, -0.15) is 0 Å². The first-order valence-electron chi connectivity index (χ1n) is 9.26. The molecule has 3 rings (SSSR count). The third-order valence-corrected chi connectivity index (χ3v) is 4.87. The Morgan fingerprint density at radius 2 is 1.85 bits per heavy atom. The lowest BCUT2D eigenvalue weighted by Crippen LogP contribution is -2.39. The quantitative estimate of drug-likeness (QED) is 0.912. The van der Waals surface area contributed by atoms with Crippen LogP contribution in [0, 0.1) is 12.8 Å². The molecule has 1 heterocycles. The van der Waals surface area contributed by atoms with Gasteiger partial charge in [0.15, 0.2) is 0 Å². The lowest BCUT2D eigenvalue weighted by Gasteiger charge is -2.31. The average Bonchev–Trinajstić information content (AvgIpc) is 2.66. The first-order chi connectivity index (χ1) is 12.5. The molecular formula is C22H26N2O2. The molecule has 0 bridgehead atoms. The SMILES string of the molecule is Cc1cccc(CNC(=O)c2ccc(C(=O)N3CCCC(C)C3)cc2)c1. The Balaban J connectivity index is 1.59. The van der Waals surface area contributed by atoms with Gasteiger partial charge in [-0.3, -0.25) is 9.59 Å². The van der Waals surface area contributed by atoms with E-state index in [1.54, 1.807) is 24.3 Å². The monoisotopic (exact) mass is 350 g/mol. The Labute approximate surface area is 155 Å². The van der Waals surface area contributed by atoms with Crippen LogP contribution in [0.1, 0.15) is 51.6 Å². The molecule has 4 nitrogen and oxygen atoms in total. The van der Waals surface area contributed by atoms with Crippen molar-refractivity contribution in [1.82, 2.24) is 10.2 Å². The van der Waals surface area contributed by atoms with Gasteiger partial charge in [0.2, 0.25) is 0 Å². The number of nitrogens with one attached hydrogen (secondary N) is 1. The molecule has 1 atom stereocenters. The minimum Gasteiger partial charge on any atom is -0.348 e. The number of likely N-dealkylation sites (tertiary alicyclic amines) is 1. The minimum absolute atomic E-state index is 0.0586. The summed E-state index contributed by atoms with van der Waals surface area (Å²) in [6.45, 7) is 6.34. The molecule has 1 saturated heterocycles. The van der Waals surface area contributed by atoms with Crippen molar-refractivity contribution in [3.63, 3.8) is 0 Å². The van der Waals surface area contributed by atoms with Crippen molar-refractivity contribution in [3.05, 3.63) is 70.8 Å². The zero-order valence-electron chi connectivity index (χ0n) is 15.5.